The van der Waals surface area contributed by atoms with Gasteiger partial charge in [0.2, 0.25) is 0 Å². The first-order chi connectivity index (χ1) is 7.54. The molecule has 0 aromatic heterocycles. The van der Waals surface area contributed by atoms with Crippen LogP contribution in [-0.4, -0.2) is 17.8 Å². The molecule has 0 heterocycles. The molecule has 0 aliphatic carbocycles. The molecule has 0 spiro atoms. The van der Waals surface area contributed by atoms with Gasteiger partial charge in [-0.15, -0.1) is 0 Å². The lowest BCUT2D eigenvalue weighted by molar-refractivity contribution is 0.210. The van der Waals surface area contributed by atoms with Gasteiger partial charge in [-0.2, -0.15) is 0 Å². The van der Waals surface area contributed by atoms with Crippen molar-refractivity contribution in [2.24, 2.45) is 5.92 Å². The second-order valence-corrected chi connectivity index (χ2v) is 5.47. The fourth-order valence-electron chi connectivity index (χ4n) is 1.43. The van der Waals surface area contributed by atoms with Crippen molar-refractivity contribution in [3.8, 4) is 0 Å². The molecule has 0 aliphatic heterocycles. The van der Waals surface area contributed by atoms with E-state index in [0.29, 0.717) is 12.5 Å². The summed E-state index contributed by atoms with van der Waals surface area (Å²) in [6.07, 6.45) is 0. The van der Waals surface area contributed by atoms with Gasteiger partial charge < -0.3 is 10.4 Å². The fourth-order valence-corrected chi connectivity index (χ4v) is 2.02. The maximum absolute atomic E-state index is 9.19. The monoisotopic (exact) mass is 305 g/mol. The SMILES string of the molecule is CC(C)[C@@H](CO)NCc1cc(Br)ccc1Cl. The lowest BCUT2D eigenvalue weighted by Gasteiger charge is -2.20. The van der Waals surface area contributed by atoms with Gasteiger partial charge in [-0.3, -0.25) is 0 Å². The predicted molar refractivity (Wildman–Crippen MR) is 71.7 cm³/mol. The first-order valence-electron chi connectivity index (χ1n) is 5.32. The number of hydrogen-bond donors (Lipinski definition) is 2. The Morgan fingerprint density at radius 1 is 1.44 bits per heavy atom. The van der Waals surface area contributed by atoms with Crippen LogP contribution in [0.1, 0.15) is 19.4 Å². The van der Waals surface area contributed by atoms with Crippen LogP contribution in [0, 0.1) is 5.92 Å². The highest BCUT2D eigenvalue weighted by atomic mass is 79.9. The van der Waals surface area contributed by atoms with Gasteiger partial charge in [-0.05, 0) is 29.7 Å². The third-order valence-corrected chi connectivity index (χ3v) is 3.43. The molecule has 2 nitrogen and oxygen atoms in total. The van der Waals surface area contributed by atoms with E-state index in [9.17, 15) is 5.11 Å². The highest BCUT2D eigenvalue weighted by Gasteiger charge is 2.11. The second kappa shape index (κ2) is 6.60. The molecule has 1 aromatic carbocycles. The van der Waals surface area contributed by atoms with Gasteiger partial charge in [0.1, 0.15) is 0 Å². The van der Waals surface area contributed by atoms with E-state index in [4.69, 9.17) is 11.6 Å². The Labute approximate surface area is 110 Å². The zero-order valence-corrected chi connectivity index (χ0v) is 11.8. The van der Waals surface area contributed by atoms with E-state index in [1.807, 2.05) is 18.2 Å². The van der Waals surface area contributed by atoms with E-state index in [1.165, 1.54) is 0 Å². The predicted octanol–water partition coefficient (Wildman–Crippen LogP) is 3.21. The lowest BCUT2D eigenvalue weighted by Crippen LogP contribution is -2.36. The summed E-state index contributed by atoms with van der Waals surface area (Å²) in [6.45, 7) is 4.97. The van der Waals surface area contributed by atoms with Gasteiger partial charge in [0, 0.05) is 22.1 Å². The van der Waals surface area contributed by atoms with Crippen LogP contribution in [0.5, 0.6) is 0 Å². The summed E-state index contributed by atoms with van der Waals surface area (Å²) in [5.74, 6) is 0.399. The van der Waals surface area contributed by atoms with Crippen LogP contribution >= 0.6 is 27.5 Å². The summed E-state index contributed by atoms with van der Waals surface area (Å²) >= 11 is 9.49. The highest BCUT2D eigenvalue weighted by molar-refractivity contribution is 9.10. The maximum atomic E-state index is 9.19. The van der Waals surface area contributed by atoms with E-state index in [2.05, 4.69) is 35.1 Å². The average molecular weight is 307 g/mol. The minimum absolute atomic E-state index is 0.107. The Kier molecular flexibility index (Phi) is 5.76. The number of aliphatic hydroxyl groups excluding tert-OH is 1. The molecule has 1 aromatic rings. The normalized spacial score (nSPS) is 13.1. The van der Waals surface area contributed by atoms with Crippen LogP contribution in [0.25, 0.3) is 0 Å². The van der Waals surface area contributed by atoms with Gasteiger partial charge in [-0.25, -0.2) is 0 Å². The maximum Gasteiger partial charge on any atom is 0.0587 e. The molecule has 2 N–H and O–H groups in total. The van der Waals surface area contributed by atoms with Crippen molar-refractivity contribution in [3.63, 3.8) is 0 Å². The summed E-state index contributed by atoms with van der Waals surface area (Å²) in [7, 11) is 0. The molecule has 0 fully saturated rings. The average Bonchev–Trinajstić information content (AvgIpc) is 2.23. The van der Waals surface area contributed by atoms with Crippen molar-refractivity contribution >= 4 is 27.5 Å². The summed E-state index contributed by atoms with van der Waals surface area (Å²) in [5, 5.41) is 13.2. The van der Waals surface area contributed by atoms with E-state index in [-0.39, 0.29) is 12.6 Å². The number of nitrogens with one attached hydrogen (secondary N) is 1. The summed E-state index contributed by atoms with van der Waals surface area (Å²) in [5.41, 5.74) is 1.04. The van der Waals surface area contributed by atoms with Crippen LogP contribution < -0.4 is 5.32 Å². The molecule has 0 aliphatic rings. The molecule has 1 atom stereocenters. The summed E-state index contributed by atoms with van der Waals surface area (Å²) < 4.78 is 1.01. The Bertz CT molecular complexity index is 344. The van der Waals surface area contributed by atoms with E-state index in [0.717, 1.165) is 15.1 Å². The van der Waals surface area contributed by atoms with Gasteiger partial charge in [0.05, 0.1) is 6.61 Å². The van der Waals surface area contributed by atoms with Gasteiger partial charge >= 0.3 is 0 Å². The second-order valence-electron chi connectivity index (χ2n) is 4.15. The van der Waals surface area contributed by atoms with Crippen molar-refractivity contribution in [1.29, 1.82) is 0 Å². The van der Waals surface area contributed by atoms with Crippen LogP contribution in [-0.2, 0) is 6.54 Å². The molecule has 0 saturated heterocycles. The number of rotatable bonds is 5. The minimum atomic E-state index is 0.107. The van der Waals surface area contributed by atoms with Crippen LogP contribution in [0.3, 0.4) is 0 Å². The van der Waals surface area contributed by atoms with E-state index >= 15 is 0 Å². The minimum Gasteiger partial charge on any atom is -0.395 e. The zero-order chi connectivity index (χ0) is 12.1. The number of benzene rings is 1. The van der Waals surface area contributed by atoms with Gasteiger partial charge in [0.15, 0.2) is 0 Å². The van der Waals surface area contributed by atoms with Crippen molar-refractivity contribution in [2.75, 3.05) is 6.61 Å². The Morgan fingerprint density at radius 3 is 2.69 bits per heavy atom. The van der Waals surface area contributed by atoms with Crippen molar-refractivity contribution in [3.05, 3.63) is 33.3 Å². The molecular weight excluding hydrogens is 289 g/mol. The molecule has 0 amide bonds. The molecule has 1 rings (SSSR count). The number of aliphatic hydroxyl groups is 1. The molecular formula is C12H17BrClNO. The molecule has 0 saturated carbocycles. The number of hydrogen-bond acceptors (Lipinski definition) is 2. The fraction of sp³-hybridized carbons (Fsp3) is 0.500. The molecule has 0 bridgehead atoms. The standard InChI is InChI=1S/C12H17BrClNO/c1-8(2)12(7-16)15-6-9-5-10(13)3-4-11(9)14/h3-5,8,12,15-16H,6-7H2,1-2H3/t12-/m1/s1. The third-order valence-electron chi connectivity index (χ3n) is 2.56. The van der Waals surface area contributed by atoms with Crippen LogP contribution in [0.15, 0.2) is 22.7 Å². The Hall–Kier alpha value is -0.0900. The smallest absolute Gasteiger partial charge is 0.0587 e. The largest absolute Gasteiger partial charge is 0.395 e. The Morgan fingerprint density at radius 2 is 2.12 bits per heavy atom. The molecule has 0 radical (unpaired) electrons. The van der Waals surface area contributed by atoms with Gasteiger partial charge in [-0.1, -0.05) is 41.4 Å². The first kappa shape index (κ1) is 14.0. The van der Waals surface area contributed by atoms with E-state index < -0.39 is 0 Å². The molecule has 0 unspecified atom stereocenters. The first-order valence-corrected chi connectivity index (χ1v) is 6.50. The van der Waals surface area contributed by atoms with Crippen molar-refractivity contribution < 1.29 is 5.11 Å². The number of halogens is 2. The van der Waals surface area contributed by atoms with Crippen molar-refractivity contribution in [2.45, 2.75) is 26.4 Å². The Balaban J connectivity index is 2.63. The lowest BCUT2D eigenvalue weighted by atomic mass is 10.1. The zero-order valence-electron chi connectivity index (χ0n) is 9.50. The quantitative estimate of drug-likeness (QED) is 0.875. The summed E-state index contributed by atoms with van der Waals surface area (Å²) in [4.78, 5) is 0. The third kappa shape index (κ3) is 4.06. The summed E-state index contributed by atoms with van der Waals surface area (Å²) in [6, 6.07) is 5.88. The molecule has 90 valence electrons. The molecule has 4 heteroatoms. The van der Waals surface area contributed by atoms with Crippen LogP contribution in [0.4, 0.5) is 0 Å². The van der Waals surface area contributed by atoms with Crippen molar-refractivity contribution in [1.82, 2.24) is 5.32 Å². The highest BCUT2D eigenvalue weighted by Crippen LogP contribution is 2.21. The molecule has 16 heavy (non-hydrogen) atoms. The van der Waals surface area contributed by atoms with Gasteiger partial charge in [0.25, 0.3) is 0 Å². The topological polar surface area (TPSA) is 32.3 Å². The van der Waals surface area contributed by atoms with E-state index in [1.54, 1.807) is 0 Å². The van der Waals surface area contributed by atoms with Crippen LogP contribution in [0.2, 0.25) is 5.02 Å².